The van der Waals surface area contributed by atoms with Crippen molar-refractivity contribution >= 4 is 0 Å². The van der Waals surface area contributed by atoms with E-state index in [0.717, 1.165) is 44.9 Å². The first-order valence-corrected chi connectivity index (χ1v) is 8.12. The van der Waals surface area contributed by atoms with E-state index in [2.05, 4.69) is 26.9 Å². The van der Waals surface area contributed by atoms with Gasteiger partial charge in [0.05, 0.1) is 12.6 Å². The summed E-state index contributed by atoms with van der Waals surface area (Å²) in [4.78, 5) is 4.82. The molecule has 0 unspecified atom stereocenters. The van der Waals surface area contributed by atoms with Gasteiger partial charge in [-0.15, -0.1) is 10.2 Å². The molecule has 1 fully saturated rings. The second kappa shape index (κ2) is 7.68. The Kier molecular flexibility index (Phi) is 5.38. The minimum absolute atomic E-state index is 0.143. The molecule has 0 aliphatic carbocycles. The van der Waals surface area contributed by atoms with Crippen LogP contribution in [0.2, 0.25) is 0 Å². The number of nitrogens with zero attached hydrogens (tertiary/aromatic N) is 4. The van der Waals surface area contributed by atoms with E-state index in [0.29, 0.717) is 11.8 Å². The number of benzene rings is 1. The van der Waals surface area contributed by atoms with Crippen molar-refractivity contribution in [2.45, 2.75) is 13.0 Å². The Balaban J connectivity index is 1.59. The van der Waals surface area contributed by atoms with Crippen LogP contribution in [0, 0.1) is 0 Å². The van der Waals surface area contributed by atoms with E-state index in [1.54, 1.807) is 7.11 Å². The lowest BCUT2D eigenvalue weighted by molar-refractivity contribution is 0.0717. The van der Waals surface area contributed by atoms with Crippen LogP contribution in [0.3, 0.4) is 0 Å². The molecule has 0 N–H and O–H groups in total. The highest BCUT2D eigenvalue weighted by atomic mass is 16.5. The molecule has 1 saturated heterocycles. The van der Waals surface area contributed by atoms with Crippen LogP contribution < -0.4 is 0 Å². The van der Waals surface area contributed by atoms with Gasteiger partial charge in [-0.05, 0) is 19.1 Å². The van der Waals surface area contributed by atoms with E-state index < -0.39 is 0 Å². The molecule has 1 aromatic carbocycles. The van der Waals surface area contributed by atoms with Gasteiger partial charge >= 0.3 is 0 Å². The molecule has 6 nitrogen and oxygen atoms in total. The van der Waals surface area contributed by atoms with E-state index in [1.165, 1.54) is 0 Å². The first-order chi connectivity index (χ1) is 11.3. The third-order valence-corrected chi connectivity index (χ3v) is 4.39. The molecular formula is C17H24N4O2. The van der Waals surface area contributed by atoms with Crippen molar-refractivity contribution in [3.63, 3.8) is 0 Å². The summed E-state index contributed by atoms with van der Waals surface area (Å²) in [5.41, 5.74) is 0.961. The van der Waals surface area contributed by atoms with Crippen LogP contribution in [-0.2, 0) is 4.74 Å². The van der Waals surface area contributed by atoms with Gasteiger partial charge in [-0.25, -0.2) is 0 Å². The summed E-state index contributed by atoms with van der Waals surface area (Å²) in [5.74, 6) is 1.28. The van der Waals surface area contributed by atoms with Gasteiger partial charge in [0.1, 0.15) is 0 Å². The SMILES string of the molecule is COCCN1CCN([C@@H](C)c2nnc(-c3ccccc3)o2)CC1. The predicted octanol–water partition coefficient (Wildman–Crippen LogP) is 2.06. The fourth-order valence-corrected chi connectivity index (χ4v) is 2.85. The number of ether oxygens (including phenoxy) is 1. The normalized spacial score (nSPS) is 18.2. The monoisotopic (exact) mass is 316 g/mol. The summed E-state index contributed by atoms with van der Waals surface area (Å²) in [6.07, 6.45) is 0. The van der Waals surface area contributed by atoms with Gasteiger partial charge < -0.3 is 9.15 Å². The third-order valence-electron chi connectivity index (χ3n) is 4.39. The molecule has 6 heteroatoms. The lowest BCUT2D eigenvalue weighted by Gasteiger charge is -2.36. The fraction of sp³-hybridized carbons (Fsp3) is 0.529. The zero-order valence-corrected chi connectivity index (χ0v) is 13.8. The quantitative estimate of drug-likeness (QED) is 0.813. The summed E-state index contributed by atoms with van der Waals surface area (Å²) in [6, 6.07) is 10.0. The van der Waals surface area contributed by atoms with E-state index in [1.807, 2.05) is 30.3 Å². The molecule has 1 atom stereocenters. The second-order valence-corrected chi connectivity index (χ2v) is 5.86. The lowest BCUT2D eigenvalue weighted by atomic mass is 10.2. The minimum Gasteiger partial charge on any atom is -0.419 e. The fourth-order valence-electron chi connectivity index (χ4n) is 2.85. The van der Waals surface area contributed by atoms with Crippen LogP contribution in [0.1, 0.15) is 18.9 Å². The Hall–Kier alpha value is -1.76. The maximum atomic E-state index is 5.88. The molecule has 1 aromatic heterocycles. The molecule has 124 valence electrons. The number of hydrogen-bond acceptors (Lipinski definition) is 6. The Labute approximate surface area is 137 Å². The van der Waals surface area contributed by atoms with Gasteiger partial charge in [-0.2, -0.15) is 0 Å². The van der Waals surface area contributed by atoms with E-state index in [4.69, 9.17) is 9.15 Å². The van der Waals surface area contributed by atoms with E-state index in [9.17, 15) is 0 Å². The second-order valence-electron chi connectivity index (χ2n) is 5.86. The van der Waals surface area contributed by atoms with Crippen LogP contribution in [-0.4, -0.2) is 66.4 Å². The highest BCUT2D eigenvalue weighted by Crippen LogP contribution is 2.24. The number of piperazine rings is 1. The molecule has 0 spiro atoms. The zero-order valence-electron chi connectivity index (χ0n) is 13.8. The Morgan fingerprint density at radius 2 is 1.87 bits per heavy atom. The topological polar surface area (TPSA) is 54.6 Å². The average molecular weight is 316 g/mol. The number of aromatic nitrogens is 2. The van der Waals surface area contributed by atoms with Crippen LogP contribution in [0.4, 0.5) is 0 Å². The van der Waals surface area contributed by atoms with Crippen molar-refractivity contribution < 1.29 is 9.15 Å². The van der Waals surface area contributed by atoms with Crippen molar-refractivity contribution in [1.82, 2.24) is 20.0 Å². The molecular weight excluding hydrogens is 292 g/mol. The molecule has 2 aromatic rings. The zero-order chi connectivity index (χ0) is 16.1. The summed E-state index contributed by atoms with van der Waals surface area (Å²) < 4.78 is 11.0. The van der Waals surface area contributed by atoms with Crippen LogP contribution >= 0.6 is 0 Å². The summed E-state index contributed by atoms with van der Waals surface area (Å²) in [7, 11) is 1.75. The third kappa shape index (κ3) is 3.96. The molecule has 0 radical (unpaired) electrons. The summed E-state index contributed by atoms with van der Waals surface area (Å²) in [6.45, 7) is 8.03. The maximum Gasteiger partial charge on any atom is 0.247 e. The van der Waals surface area contributed by atoms with Gasteiger partial charge in [-0.3, -0.25) is 9.80 Å². The van der Waals surface area contributed by atoms with Crippen molar-refractivity contribution in [2.24, 2.45) is 0 Å². The molecule has 1 aliphatic rings. The highest BCUT2D eigenvalue weighted by molar-refractivity contribution is 5.51. The first kappa shape index (κ1) is 16.1. The average Bonchev–Trinajstić information content (AvgIpc) is 3.11. The first-order valence-electron chi connectivity index (χ1n) is 8.12. The number of hydrogen-bond donors (Lipinski definition) is 0. The molecule has 23 heavy (non-hydrogen) atoms. The van der Waals surface area contributed by atoms with Crippen LogP contribution in [0.25, 0.3) is 11.5 Å². The Morgan fingerprint density at radius 3 is 2.57 bits per heavy atom. The van der Waals surface area contributed by atoms with Gasteiger partial charge in [-0.1, -0.05) is 18.2 Å². The van der Waals surface area contributed by atoms with E-state index >= 15 is 0 Å². The Bertz CT molecular complexity index is 594. The summed E-state index contributed by atoms with van der Waals surface area (Å²) >= 11 is 0. The molecule has 2 heterocycles. The lowest BCUT2D eigenvalue weighted by Crippen LogP contribution is -2.47. The van der Waals surface area contributed by atoms with Gasteiger partial charge in [0.25, 0.3) is 0 Å². The van der Waals surface area contributed by atoms with Crippen molar-refractivity contribution in [3.05, 3.63) is 36.2 Å². The van der Waals surface area contributed by atoms with Crippen molar-refractivity contribution in [2.75, 3.05) is 46.4 Å². The van der Waals surface area contributed by atoms with Gasteiger partial charge in [0.2, 0.25) is 11.8 Å². The summed E-state index contributed by atoms with van der Waals surface area (Å²) in [5, 5.41) is 8.43. The standard InChI is InChI=1S/C17H24N4O2/c1-14(21-10-8-20(9-11-21)12-13-22-2)16-18-19-17(23-16)15-6-4-3-5-7-15/h3-7,14H,8-13H2,1-2H3/t14-/m0/s1. The maximum absolute atomic E-state index is 5.88. The molecule has 0 bridgehead atoms. The van der Waals surface area contributed by atoms with Crippen molar-refractivity contribution in [3.8, 4) is 11.5 Å². The van der Waals surface area contributed by atoms with Crippen LogP contribution in [0.5, 0.6) is 0 Å². The molecule has 0 saturated carbocycles. The van der Waals surface area contributed by atoms with Crippen LogP contribution in [0.15, 0.2) is 34.7 Å². The molecule has 1 aliphatic heterocycles. The smallest absolute Gasteiger partial charge is 0.247 e. The highest BCUT2D eigenvalue weighted by Gasteiger charge is 2.25. The Morgan fingerprint density at radius 1 is 1.13 bits per heavy atom. The minimum atomic E-state index is 0.143. The number of rotatable bonds is 6. The van der Waals surface area contributed by atoms with Gasteiger partial charge in [0.15, 0.2) is 0 Å². The molecule has 3 rings (SSSR count). The molecule has 0 amide bonds. The largest absolute Gasteiger partial charge is 0.419 e. The van der Waals surface area contributed by atoms with Crippen molar-refractivity contribution in [1.29, 1.82) is 0 Å². The predicted molar refractivity (Wildman–Crippen MR) is 88.0 cm³/mol. The number of methoxy groups -OCH3 is 1. The van der Waals surface area contributed by atoms with Gasteiger partial charge in [0, 0.05) is 45.4 Å². The van der Waals surface area contributed by atoms with E-state index in [-0.39, 0.29) is 6.04 Å².